The molecule has 3 aromatic rings. The van der Waals surface area contributed by atoms with E-state index < -0.39 is 0 Å². The zero-order chi connectivity index (χ0) is 20.1. The van der Waals surface area contributed by atoms with E-state index in [1.807, 2.05) is 80.4 Å². The third kappa shape index (κ3) is 4.40. The second-order valence-corrected chi connectivity index (χ2v) is 7.73. The van der Waals surface area contributed by atoms with Crippen LogP contribution in [0.25, 0.3) is 11.3 Å². The number of aromatic nitrogens is 1. The molecule has 1 unspecified atom stereocenters. The van der Waals surface area contributed by atoms with Crippen LogP contribution in [0.5, 0.6) is 5.75 Å². The molecule has 0 bridgehead atoms. The third-order valence-electron chi connectivity index (χ3n) is 4.69. The van der Waals surface area contributed by atoms with Crippen molar-refractivity contribution in [3.8, 4) is 17.0 Å². The van der Waals surface area contributed by atoms with Gasteiger partial charge in [-0.25, -0.2) is 4.98 Å². The largest absolute Gasteiger partial charge is 0.497 e. The second-order valence-electron chi connectivity index (χ2n) is 6.53. The summed E-state index contributed by atoms with van der Waals surface area (Å²) in [5.41, 5.74) is 2.84. The van der Waals surface area contributed by atoms with Crippen molar-refractivity contribution in [2.24, 2.45) is 0 Å². The Bertz CT molecular complexity index is 923. The van der Waals surface area contributed by atoms with Crippen molar-refractivity contribution >= 4 is 22.4 Å². The van der Waals surface area contributed by atoms with Gasteiger partial charge < -0.3 is 10.1 Å². The number of hydrogen-bond acceptors (Lipinski definition) is 5. The fourth-order valence-electron chi connectivity index (χ4n) is 3.06. The van der Waals surface area contributed by atoms with Gasteiger partial charge in [0.15, 0.2) is 5.13 Å². The Hall–Kier alpha value is -2.70. The van der Waals surface area contributed by atoms with Gasteiger partial charge >= 0.3 is 0 Å². The number of anilines is 1. The topological polar surface area (TPSA) is 54.5 Å². The molecule has 2 aromatic carbocycles. The molecule has 0 aliphatic heterocycles. The number of aryl methyl sites for hydroxylation is 1. The van der Waals surface area contributed by atoms with Crippen LogP contribution >= 0.6 is 11.3 Å². The molecule has 1 aromatic heterocycles. The molecule has 5 nitrogen and oxygen atoms in total. The van der Waals surface area contributed by atoms with Crippen LogP contribution in [-0.2, 0) is 4.79 Å². The van der Waals surface area contributed by atoms with E-state index in [0.717, 1.165) is 34.0 Å². The van der Waals surface area contributed by atoms with Gasteiger partial charge in [0.05, 0.1) is 12.8 Å². The number of thiazole rings is 1. The van der Waals surface area contributed by atoms with Gasteiger partial charge in [0.1, 0.15) is 11.8 Å². The zero-order valence-corrected chi connectivity index (χ0v) is 17.4. The third-order valence-corrected chi connectivity index (χ3v) is 5.58. The molecule has 0 saturated carbocycles. The summed E-state index contributed by atoms with van der Waals surface area (Å²) >= 11 is 1.49. The number of methoxy groups -OCH3 is 1. The van der Waals surface area contributed by atoms with E-state index >= 15 is 0 Å². The Balaban J connectivity index is 1.83. The van der Waals surface area contributed by atoms with Gasteiger partial charge in [-0.05, 0) is 50.3 Å². The number of nitrogens with one attached hydrogen (secondary N) is 1. The molecule has 0 radical (unpaired) electrons. The molecule has 0 fully saturated rings. The summed E-state index contributed by atoms with van der Waals surface area (Å²) in [6, 6.07) is 17.2. The lowest BCUT2D eigenvalue weighted by Gasteiger charge is -2.25. The number of amides is 1. The van der Waals surface area contributed by atoms with Crippen LogP contribution in [0.2, 0.25) is 0 Å². The average molecular weight is 396 g/mol. The minimum atomic E-state index is -0.361. The minimum absolute atomic E-state index is 0.0782. The normalized spacial score (nSPS) is 12.0. The molecule has 0 saturated heterocycles. The summed E-state index contributed by atoms with van der Waals surface area (Å²) in [7, 11) is 3.60. The van der Waals surface area contributed by atoms with Crippen molar-refractivity contribution < 1.29 is 9.53 Å². The second kappa shape index (κ2) is 8.99. The zero-order valence-electron chi connectivity index (χ0n) is 16.6. The van der Waals surface area contributed by atoms with Crippen molar-refractivity contribution in [3.05, 3.63) is 65.0 Å². The molecule has 146 valence electrons. The van der Waals surface area contributed by atoms with E-state index in [9.17, 15) is 4.79 Å². The molecular formula is C22H25N3O2S. The number of rotatable bonds is 7. The maximum Gasteiger partial charge on any atom is 0.248 e. The van der Waals surface area contributed by atoms with Gasteiger partial charge in [-0.1, -0.05) is 37.3 Å². The van der Waals surface area contributed by atoms with E-state index in [1.165, 1.54) is 11.3 Å². The first-order valence-electron chi connectivity index (χ1n) is 9.21. The van der Waals surface area contributed by atoms with Crippen molar-refractivity contribution in [1.82, 2.24) is 9.88 Å². The number of likely N-dealkylation sites (N-methyl/N-ethyl adjacent to an activating group) is 1. The van der Waals surface area contributed by atoms with Gasteiger partial charge in [-0.3, -0.25) is 9.69 Å². The van der Waals surface area contributed by atoms with Gasteiger partial charge in [0, 0.05) is 10.4 Å². The molecule has 6 heteroatoms. The summed E-state index contributed by atoms with van der Waals surface area (Å²) in [6.07, 6.45) is 0. The molecule has 0 aliphatic rings. The summed E-state index contributed by atoms with van der Waals surface area (Å²) in [5, 5.41) is 3.62. The first-order chi connectivity index (χ1) is 13.5. The highest BCUT2D eigenvalue weighted by Gasteiger charge is 2.25. The van der Waals surface area contributed by atoms with Crippen LogP contribution in [0.1, 0.15) is 23.4 Å². The molecular weight excluding hydrogens is 370 g/mol. The minimum Gasteiger partial charge on any atom is -0.497 e. The lowest BCUT2D eigenvalue weighted by atomic mass is 10.1. The molecule has 28 heavy (non-hydrogen) atoms. The Morgan fingerprint density at radius 3 is 2.46 bits per heavy atom. The summed E-state index contributed by atoms with van der Waals surface area (Å²) in [5.74, 6) is 0.726. The molecule has 1 amide bonds. The Morgan fingerprint density at radius 2 is 1.86 bits per heavy atom. The predicted octanol–water partition coefficient (Wildman–Crippen LogP) is 4.76. The van der Waals surface area contributed by atoms with E-state index in [0.29, 0.717) is 5.13 Å². The number of carbonyl (C=O) groups excluding carboxylic acids is 1. The average Bonchev–Trinajstić information content (AvgIpc) is 3.08. The number of benzene rings is 2. The first kappa shape index (κ1) is 20.0. The standard InChI is InChI=1S/C22H25N3O2S/c1-5-25(3)20(17-9-7-6-8-10-17)21(26)24-22-23-19(15(2)28-22)16-11-13-18(27-4)14-12-16/h6-14,20H,5H2,1-4H3,(H,23,24,26). The number of hydrogen-bond donors (Lipinski definition) is 1. The highest BCUT2D eigenvalue weighted by molar-refractivity contribution is 7.16. The highest BCUT2D eigenvalue weighted by Crippen LogP contribution is 2.32. The van der Waals surface area contributed by atoms with E-state index in [-0.39, 0.29) is 11.9 Å². The van der Waals surface area contributed by atoms with Crippen LogP contribution in [0.4, 0.5) is 5.13 Å². The molecule has 1 N–H and O–H groups in total. The number of carbonyl (C=O) groups is 1. The molecule has 0 spiro atoms. The van der Waals surface area contributed by atoms with Gasteiger partial charge in [0.25, 0.3) is 0 Å². The van der Waals surface area contributed by atoms with E-state index in [2.05, 4.69) is 10.3 Å². The number of ether oxygens (including phenoxy) is 1. The molecule has 3 rings (SSSR count). The first-order valence-corrected chi connectivity index (χ1v) is 10.0. The highest BCUT2D eigenvalue weighted by atomic mass is 32.1. The van der Waals surface area contributed by atoms with Crippen molar-refractivity contribution in [2.45, 2.75) is 19.9 Å². The maximum atomic E-state index is 13.1. The van der Waals surface area contributed by atoms with E-state index in [4.69, 9.17) is 4.74 Å². The monoisotopic (exact) mass is 395 g/mol. The van der Waals surface area contributed by atoms with Gasteiger partial charge in [-0.15, -0.1) is 11.3 Å². The van der Waals surface area contributed by atoms with Gasteiger partial charge in [-0.2, -0.15) is 0 Å². The van der Waals surface area contributed by atoms with E-state index in [1.54, 1.807) is 7.11 Å². The van der Waals surface area contributed by atoms with Crippen molar-refractivity contribution in [3.63, 3.8) is 0 Å². The molecule has 1 atom stereocenters. The Kier molecular flexibility index (Phi) is 6.44. The fraction of sp³-hybridized carbons (Fsp3) is 0.273. The SMILES string of the molecule is CCN(C)C(C(=O)Nc1nc(-c2ccc(OC)cc2)c(C)s1)c1ccccc1. The summed E-state index contributed by atoms with van der Waals surface area (Å²) < 4.78 is 5.22. The smallest absolute Gasteiger partial charge is 0.248 e. The Morgan fingerprint density at radius 1 is 1.18 bits per heavy atom. The quantitative estimate of drug-likeness (QED) is 0.627. The Labute approximate surface area is 170 Å². The lowest BCUT2D eigenvalue weighted by molar-refractivity contribution is -0.121. The van der Waals surface area contributed by atoms with Crippen LogP contribution in [0, 0.1) is 6.92 Å². The van der Waals surface area contributed by atoms with Gasteiger partial charge in [0.2, 0.25) is 5.91 Å². The van der Waals surface area contributed by atoms with Crippen LogP contribution in [0.3, 0.4) is 0 Å². The number of nitrogens with zero attached hydrogens (tertiary/aromatic N) is 2. The molecule has 0 aliphatic carbocycles. The van der Waals surface area contributed by atoms with Crippen LogP contribution < -0.4 is 10.1 Å². The van der Waals surface area contributed by atoms with Crippen molar-refractivity contribution in [2.75, 3.05) is 26.0 Å². The van der Waals surface area contributed by atoms with Crippen molar-refractivity contribution in [1.29, 1.82) is 0 Å². The van der Waals surface area contributed by atoms with Crippen LogP contribution in [0.15, 0.2) is 54.6 Å². The fourth-order valence-corrected chi connectivity index (χ4v) is 3.90. The summed E-state index contributed by atoms with van der Waals surface area (Å²) in [4.78, 5) is 20.8. The lowest BCUT2D eigenvalue weighted by Crippen LogP contribution is -2.34. The summed E-state index contributed by atoms with van der Waals surface area (Å²) in [6.45, 7) is 4.82. The predicted molar refractivity (Wildman–Crippen MR) is 115 cm³/mol. The maximum absolute atomic E-state index is 13.1. The van der Waals surface area contributed by atoms with Crippen LogP contribution in [-0.4, -0.2) is 36.5 Å². The molecule has 1 heterocycles.